The monoisotopic (exact) mass is 419 g/mol. The summed E-state index contributed by atoms with van der Waals surface area (Å²) in [7, 11) is 0. The molecular formula is C21H23Cl2N3O2. The molecule has 1 heterocycles. The highest BCUT2D eigenvalue weighted by Crippen LogP contribution is 2.29. The number of halogens is 2. The lowest BCUT2D eigenvalue weighted by Crippen LogP contribution is -2.44. The van der Waals surface area contributed by atoms with Crippen LogP contribution in [0.2, 0.25) is 10.0 Å². The zero-order valence-corrected chi connectivity index (χ0v) is 17.3. The molecule has 3 rings (SSSR count). The lowest BCUT2D eigenvalue weighted by molar-refractivity contribution is -0.133. The first-order chi connectivity index (χ1) is 13.5. The van der Waals surface area contributed by atoms with Crippen molar-refractivity contribution in [3.8, 4) is 0 Å². The summed E-state index contributed by atoms with van der Waals surface area (Å²) in [5, 5.41) is 3.50. The molecule has 5 nitrogen and oxygen atoms in total. The number of hydrogen-bond acceptors (Lipinski definition) is 3. The quantitative estimate of drug-likeness (QED) is 0.773. The van der Waals surface area contributed by atoms with E-state index >= 15 is 0 Å². The molecule has 0 fully saturated rings. The Balaban J connectivity index is 1.57. The van der Waals surface area contributed by atoms with Crippen molar-refractivity contribution >= 4 is 40.7 Å². The molecule has 2 aromatic carbocycles. The smallest absolute Gasteiger partial charge is 0.238 e. The lowest BCUT2D eigenvalue weighted by Gasteiger charge is -2.31. The van der Waals surface area contributed by atoms with E-state index < -0.39 is 0 Å². The highest BCUT2D eigenvalue weighted by molar-refractivity contribution is 6.39. The van der Waals surface area contributed by atoms with Crippen LogP contribution in [0.15, 0.2) is 42.5 Å². The van der Waals surface area contributed by atoms with E-state index in [-0.39, 0.29) is 24.9 Å². The Morgan fingerprint density at radius 1 is 1.04 bits per heavy atom. The third kappa shape index (κ3) is 5.04. The van der Waals surface area contributed by atoms with Crippen LogP contribution in [-0.4, -0.2) is 47.8 Å². The van der Waals surface area contributed by atoms with Crippen LogP contribution >= 0.6 is 23.2 Å². The van der Waals surface area contributed by atoms with Crippen LogP contribution in [0.5, 0.6) is 0 Å². The minimum Gasteiger partial charge on any atom is -0.337 e. The van der Waals surface area contributed by atoms with Gasteiger partial charge in [0, 0.05) is 13.1 Å². The number of likely N-dealkylation sites (N-methyl/N-ethyl adjacent to an activating group) is 1. The van der Waals surface area contributed by atoms with Gasteiger partial charge in [0.05, 0.1) is 28.8 Å². The first-order valence-corrected chi connectivity index (χ1v) is 10.0. The maximum absolute atomic E-state index is 12.7. The second kappa shape index (κ2) is 9.41. The molecule has 0 atom stereocenters. The fourth-order valence-corrected chi connectivity index (χ4v) is 3.77. The van der Waals surface area contributed by atoms with Gasteiger partial charge < -0.3 is 10.2 Å². The molecule has 1 N–H and O–H groups in total. The molecule has 0 saturated carbocycles. The molecule has 2 aromatic rings. The Labute approximate surface area is 175 Å². The second-order valence-electron chi connectivity index (χ2n) is 6.78. The van der Waals surface area contributed by atoms with Crippen molar-refractivity contribution in [1.82, 2.24) is 9.80 Å². The van der Waals surface area contributed by atoms with E-state index in [9.17, 15) is 9.59 Å². The third-order valence-electron chi connectivity index (χ3n) is 4.88. The van der Waals surface area contributed by atoms with E-state index in [1.807, 2.05) is 28.9 Å². The number of amides is 2. The number of carbonyl (C=O) groups excluding carboxylic acids is 2. The maximum Gasteiger partial charge on any atom is 0.238 e. The maximum atomic E-state index is 12.7. The Morgan fingerprint density at radius 3 is 2.39 bits per heavy atom. The predicted octanol–water partition coefficient (Wildman–Crippen LogP) is 3.84. The Bertz CT molecular complexity index is 852. The van der Waals surface area contributed by atoms with Gasteiger partial charge in [-0.1, -0.05) is 60.5 Å². The molecule has 28 heavy (non-hydrogen) atoms. The zero-order chi connectivity index (χ0) is 20.1. The van der Waals surface area contributed by atoms with Gasteiger partial charge in [-0.05, 0) is 36.2 Å². The van der Waals surface area contributed by atoms with E-state index in [0.29, 0.717) is 35.4 Å². The molecule has 0 aromatic heterocycles. The SMILES string of the molecule is CCN(CC(=O)Nc1c(Cl)cccc1Cl)CC(=O)N1CCc2ccccc2C1. The van der Waals surface area contributed by atoms with E-state index in [1.165, 1.54) is 11.1 Å². The number of para-hydroxylation sites is 1. The van der Waals surface area contributed by atoms with Crippen LogP contribution < -0.4 is 5.32 Å². The van der Waals surface area contributed by atoms with E-state index in [4.69, 9.17) is 23.2 Å². The normalized spacial score (nSPS) is 13.4. The van der Waals surface area contributed by atoms with Gasteiger partial charge >= 0.3 is 0 Å². The number of hydrogen-bond donors (Lipinski definition) is 1. The summed E-state index contributed by atoms with van der Waals surface area (Å²) in [6, 6.07) is 13.2. The van der Waals surface area contributed by atoms with Crippen LogP contribution in [0.25, 0.3) is 0 Å². The van der Waals surface area contributed by atoms with E-state index in [1.54, 1.807) is 18.2 Å². The standard InChI is InChI=1S/C21H23Cl2N3O2/c1-2-25(13-19(27)24-21-17(22)8-5-9-18(21)23)14-20(28)26-11-10-15-6-3-4-7-16(15)12-26/h3-9H,2,10-14H2,1H3,(H,24,27). The van der Waals surface area contributed by atoms with Crippen molar-refractivity contribution in [2.45, 2.75) is 19.9 Å². The highest BCUT2D eigenvalue weighted by Gasteiger charge is 2.23. The summed E-state index contributed by atoms with van der Waals surface area (Å²) < 4.78 is 0. The topological polar surface area (TPSA) is 52.7 Å². The number of fused-ring (bicyclic) bond motifs is 1. The molecule has 0 spiro atoms. The summed E-state index contributed by atoms with van der Waals surface area (Å²) in [6.45, 7) is 4.12. The van der Waals surface area contributed by atoms with Gasteiger partial charge in [-0.2, -0.15) is 0 Å². The van der Waals surface area contributed by atoms with Crippen molar-refractivity contribution in [3.63, 3.8) is 0 Å². The largest absolute Gasteiger partial charge is 0.337 e. The molecule has 1 aliphatic heterocycles. The number of carbonyl (C=O) groups is 2. The summed E-state index contributed by atoms with van der Waals surface area (Å²) >= 11 is 12.2. The fraction of sp³-hybridized carbons (Fsp3) is 0.333. The summed E-state index contributed by atoms with van der Waals surface area (Å²) in [5.41, 5.74) is 2.89. The van der Waals surface area contributed by atoms with Gasteiger partial charge in [0.2, 0.25) is 11.8 Å². The number of anilines is 1. The first kappa shape index (κ1) is 20.6. The average Bonchev–Trinajstić information content (AvgIpc) is 2.70. The molecule has 1 aliphatic rings. The number of nitrogens with zero attached hydrogens (tertiary/aromatic N) is 2. The second-order valence-corrected chi connectivity index (χ2v) is 7.60. The van der Waals surface area contributed by atoms with Gasteiger partial charge in [0.1, 0.15) is 0 Å². The van der Waals surface area contributed by atoms with Crippen molar-refractivity contribution < 1.29 is 9.59 Å². The molecule has 2 amide bonds. The lowest BCUT2D eigenvalue weighted by atomic mass is 10.00. The molecular weight excluding hydrogens is 397 g/mol. The van der Waals surface area contributed by atoms with Crippen molar-refractivity contribution in [2.75, 3.05) is 31.5 Å². The van der Waals surface area contributed by atoms with E-state index in [2.05, 4.69) is 17.4 Å². The number of nitrogens with one attached hydrogen (secondary N) is 1. The van der Waals surface area contributed by atoms with Crippen LogP contribution in [0, 0.1) is 0 Å². The summed E-state index contributed by atoms with van der Waals surface area (Å²) in [4.78, 5) is 28.8. The minimum atomic E-state index is -0.256. The van der Waals surface area contributed by atoms with Gasteiger partial charge in [-0.3, -0.25) is 14.5 Å². The predicted molar refractivity (Wildman–Crippen MR) is 113 cm³/mol. The molecule has 0 saturated heterocycles. The van der Waals surface area contributed by atoms with Crippen LogP contribution in [0.4, 0.5) is 5.69 Å². The molecule has 7 heteroatoms. The van der Waals surface area contributed by atoms with Gasteiger partial charge in [-0.25, -0.2) is 0 Å². The van der Waals surface area contributed by atoms with Crippen LogP contribution in [-0.2, 0) is 22.6 Å². The van der Waals surface area contributed by atoms with E-state index in [0.717, 1.165) is 6.42 Å². The van der Waals surface area contributed by atoms with Gasteiger partial charge in [0.15, 0.2) is 0 Å². The van der Waals surface area contributed by atoms with Gasteiger partial charge in [0.25, 0.3) is 0 Å². The van der Waals surface area contributed by atoms with Gasteiger partial charge in [-0.15, -0.1) is 0 Å². The zero-order valence-electron chi connectivity index (χ0n) is 15.8. The van der Waals surface area contributed by atoms with Crippen LogP contribution in [0.1, 0.15) is 18.1 Å². The fourth-order valence-electron chi connectivity index (χ4n) is 3.28. The number of rotatable bonds is 6. The number of benzene rings is 2. The molecule has 148 valence electrons. The molecule has 0 bridgehead atoms. The summed E-state index contributed by atoms with van der Waals surface area (Å²) in [6.07, 6.45) is 0.861. The summed E-state index contributed by atoms with van der Waals surface area (Å²) in [5.74, 6) is -0.228. The molecule has 0 aliphatic carbocycles. The van der Waals surface area contributed by atoms with Crippen molar-refractivity contribution in [2.24, 2.45) is 0 Å². The Morgan fingerprint density at radius 2 is 1.71 bits per heavy atom. The molecule has 0 radical (unpaired) electrons. The van der Waals surface area contributed by atoms with Crippen molar-refractivity contribution in [1.29, 1.82) is 0 Å². The Hall–Kier alpha value is -2.08. The highest BCUT2D eigenvalue weighted by atomic mass is 35.5. The van der Waals surface area contributed by atoms with Crippen LogP contribution in [0.3, 0.4) is 0 Å². The third-order valence-corrected chi connectivity index (χ3v) is 5.51. The average molecular weight is 420 g/mol. The molecule has 0 unspecified atom stereocenters. The minimum absolute atomic E-state index is 0.0277. The Kier molecular flexibility index (Phi) is 6.94. The first-order valence-electron chi connectivity index (χ1n) is 9.28. The van der Waals surface area contributed by atoms with Crippen molar-refractivity contribution in [3.05, 3.63) is 63.6 Å².